The lowest BCUT2D eigenvalue weighted by Crippen LogP contribution is -2.22. The Morgan fingerprint density at radius 2 is 2.07 bits per heavy atom. The van der Waals surface area contributed by atoms with E-state index in [-0.39, 0.29) is 23.1 Å². The topological polar surface area (TPSA) is 56.1 Å². The minimum Gasteiger partial charge on any atom is -0.471 e. The molecule has 1 aliphatic rings. The van der Waals surface area contributed by atoms with Crippen molar-refractivity contribution in [3.8, 4) is 5.88 Å². The van der Waals surface area contributed by atoms with Gasteiger partial charge in [0.15, 0.2) is 5.02 Å². The van der Waals surface area contributed by atoms with E-state index >= 15 is 0 Å². The van der Waals surface area contributed by atoms with Gasteiger partial charge in [0.25, 0.3) is 5.56 Å². The van der Waals surface area contributed by atoms with Gasteiger partial charge >= 0.3 is 0 Å². The number of rotatable bonds is 5. The Labute approximate surface area is 164 Å². The highest BCUT2D eigenvalue weighted by molar-refractivity contribution is 6.31. The summed E-state index contributed by atoms with van der Waals surface area (Å²) in [5.74, 6) is -1.51. The number of benzene rings is 2. The second kappa shape index (κ2) is 7.59. The first kappa shape index (κ1) is 18.4. The lowest BCUT2D eigenvalue weighted by atomic mass is 10.1. The van der Waals surface area contributed by atoms with Gasteiger partial charge in [0, 0.05) is 23.9 Å². The number of hydrogen-bond donors (Lipinski definition) is 1. The minimum absolute atomic E-state index is 0.0928. The number of hydrogen-bond acceptors (Lipinski definition) is 4. The zero-order valence-electron chi connectivity index (χ0n) is 14.7. The summed E-state index contributed by atoms with van der Waals surface area (Å²) in [7, 11) is 0. The molecule has 0 bridgehead atoms. The van der Waals surface area contributed by atoms with Gasteiger partial charge in [0.05, 0.1) is 6.54 Å². The summed E-state index contributed by atoms with van der Waals surface area (Å²) in [4.78, 5) is 16.6. The van der Waals surface area contributed by atoms with Gasteiger partial charge < -0.3 is 10.1 Å². The molecule has 8 heteroatoms. The molecule has 0 saturated heterocycles. The Morgan fingerprint density at radius 3 is 2.89 bits per heavy atom. The molecule has 0 saturated carbocycles. The van der Waals surface area contributed by atoms with Gasteiger partial charge in [-0.25, -0.2) is 13.8 Å². The molecular formula is C20H16ClF2N3O2. The molecule has 0 aliphatic carbocycles. The largest absolute Gasteiger partial charge is 0.471 e. The minimum atomic E-state index is -0.740. The Hall–Kier alpha value is -2.93. The Morgan fingerprint density at radius 1 is 1.21 bits per heavy atom. The van der Waals surface area contributed by atoms with E-state index in [9.17, 15) is 13.6 Å². The van der Waals surface area contributed by atoms with Crippen LogP contribution in [0.2, 0.25) is 5.02 Å². The SMILES string of the molecule is O=c1c(Cl)c(OCc2ccc(F)cc2F)ncn1Cc1ccc2c(c1)CCN2. The van der Waals surface area contributed by atoms with Crippen molar-refractivity contribution in [2.45, 2.75) is 19.6 Å². The van der Waals surface area contributed by atoms with Gasteiger partial charge in [0.1, 0.15) is 24.6 Å². The van der Waals surface area contributed by atoms with Crippen molar-refractivity contribution in [1.29, 1.82) is 0 Å². The van der Waals surface area contributed by atoms with Crippen LogP contribution in [0.5, 0.6) is 5.88 Å². The van der Waals surface area contributed by atoms with Crippen LogP contribution in [-0.4, -0.2) is 16.1 Å². The molecule has 0 fully saturated rings. The van der Waals surface area contributed by atoms with Crippen LogP contribution in [0.1, 0.15) is 16.7 Å². The number of nitrogens with zero attached hydrogens (tertiary/aromatic N) is 2. The van der Waals surface area contributed by atoms with Crippen LogP contribution in [0.3, 0.4) is 0 Å². The first-order valence-corrected chi connectivity index (χ1v) is 9.06. The molecule has 4 rings (SSSR count). The number of aromatic nitrogens is 2. The maximum Gasteiger partial charge on any atom is 0.276 e. The quantitative estimate of drug-likeness (QED) is 0.704. The van der Waals surface area contributed by atoms with Crippen molar-refractivity contribution in [3.63, 3.8) is 0 Å². The van der Waals surface area contributed by atoms with E-state index in [1.165, 1.54) is 22.5 Å². The van der Waals surface area contributed by atoms with Crippen molar-refractivity contribution in [2.75, 3.05) is 11.9 Å². The zero-order chi connectivity index (χ0) is 19.7. The third-order valence-electron chi connectivity index (χ3n) is 4.56. The molecule has 5 nitrogen and oxygen atoms in total. The van der Waals surface area contributed by atoms with Crippen molar-refractivity contribution < 1.29 is 13.5 Å². The van der Waals surface area contributed by atoms with Crippen LogP contribution >= 0.6 is 11.6 Å². The number of halogens is 3. The van der Waals surface area contributed by atoms with Crippen molar-refractivity contribution in [3.05, 3.63) is 86.4 Å². The molecule has 3 aromatic rings. The highest BCUT2D eigenvalue weighted by Gasteiger charge is 2.14. The molecule has 0 amide bonds. The molecule has 0 unspecified atom stereocenters. The van der Waals surface area contributed by atoms with Crippen LogP contribution in [0, 0.1) is 11.6 Å². The van der Waals surface area contributed by atoms with E-state index in [2.05, 4.69) is 16.4 Å². The predicted octanol–water partition coefficient (Wildman–Crippen LogP) is 3.77. The highest BCUT2D eigenvalue weighted by atomic mass is 35.5. The van der Waals surface area contributed by atoms with Gasteiger partial charge in [0.2, 0.25) is 5.88 Å². The van der Waals surface area contributed by atoms with E-state index in [0.29, 0.717) is 6.54 Å². The number of nitrogens with one attached hydrogen (secondary N) is 1. The highest BCUT2D eigenvalue weighted by Crippen LogP contribution is 2.24. The van der Waals surface area contributed by atoms with Gasteiger partial charge in [-0.3, -0.25) is 9.36 Å². The molecular weight excluding hydrogens is 388 g/mol. The maximum absolute atomic E-state index is 13.7. The summed E-state index contributed by atoms with van der Waals surface area (Å²) < 4.78 is 33.4. The Bertz CT molecular complexity index is 1100. The lowest BCUT2D eigenvalue weighted by molar-refractivity contribution is 0.286. The van der Waals surface area contributed by atoms with E-state index < -0.39 is 17.2 Å². The van der Waals surface area contributed by atoms with Gasteiger partial charge in [-0.15, -0.1) is 0 Å². The van der Waals surface area contributed by atoms with E-state index in [0.717, 1.165) is 36.3 Å². The first-order valence-electron chi connectivity index (χ1n) is 8.68. The zero-order valence-corrected chi connectivity index (χ0v) is 15.5. The van der Waals surface area contributed by atoms with Gasteiger partial charge in [-0.05, 0) is 35.7 Å². The molecule has 28 heavy (non-hydrogen) atoms. The molecule has 0 spiro atoms. The fourth-order valence-corrected chi connectivity index (χ4v) is 3.31. The normalized spacial score (nSPS) is 12.5. The van der Waals surface area contributed by atoms with Crippen LogP contribution in [-0.2, 0) is 19.6 Å². The molecule has 1 aromatic heterocycles. The smallest absolute Gasteiger partial charge is 0.276 e. The van der Waals surface area contributed by atoms with Crippen molar-refractivity contribution in [2.24, 2.45) is 0 Å². The summed E-state index contributed by atoms with van der Waals surface area (Å²) >= 11 is 6.11. The monoisotopic (exact) mass is 403 g/mol. The third-order valence-corrected chi connectivity index (χ3v) is 4.89. The Kier molecular flexibility index (Phi) is 5.00. The standard InChI is InChI=1S/C20H16ClF2N3O2/c21-18-19(28-10-14-2-3-15(22)8-16(14)23)25-11-26(20(18)27)9-12-1-4-17-13(7-12)5-6-24-17/h1-4,7-8,11,24H,5-6,9-10H2. The molecule has 144 valence electrons. The molecule has 0 atom stereocenters. The van der Waals surface area contributed by atoms with E-state index in [4.69, 9.17) is 16.3 Å². The molecule has 1 N–H and O–H groups in total. The van der Waals surface area contributed by atoms with Crippen molar-refractivity contribution >= 4 is 17.3 Å². The fourth-order valence-electron chi connectivity index (χ4n) is 3.10. The lowest BCUT2D eigenvalue weighted by Gasteiger charge is -2.11. The average molecular weight is 404 g/mol. The van der Waals surface area contributed by atoms with Crippen LogP contribution in [0.15, 0.2) is 47.5 Å². The van der Waals surface area contributed by atoms with E-state index in [1.807, 2.05) is 12.1 Å². The molecule has 0 radical (unpaired) electrons. The second-order valence-corrected chi connectivity index (χ2v) is 6.87. The first-order chi connectivity index (χ1) is 13.5. The molecule has 1 aliphatic heterocycles. The Balaban J connectivity index is 1.51. The van der Waals surface area contributed by atoms with Crippen LogP contribution in [0.25, 0.3) is 0 Å². The summed E-state index contributed by atoms with van der Waals surface area (Å²) in [6.07, 6.45) is 2.29. The van der Waals surface area contributed by atoms with Gasteiger partial charge in [-0.1, -0.05) is 23.7 Å². The predicted molar refractivity (Wildman–Crippen MR) is 102 cm³/mol. The molecule has 2 heterocycles. The van der Waals surface area contributed by atoms with Crippen LogP contribution < -0.4 is 15.6 Å². The van der Waals surface area contributed by atoms with E-state index in [1.54, 1.807) is 0 Å². The fraction of sp³-hybridized carbons (Fsp3) is 0.200. The third kappa shape index (κ3) is 3.71. The second-order valence-electron chi connectivity index (χ2n) is 6.49. The summed E-state index contributed by atoms with van der Waals surface area (Å²) in [5.41, 5.74) is 2.97. The average Bonchev–Trinajstić information content (AvgIpc) is 3.14. The van der Waals surface area contributed by atoms with Crippen LogP contribution in [0.4, 0.5) is 14.5 Å². The van der Waals surface area contributed by atoms with Gasteiger partial charge in [-0.2, -0.15) is 0 Å². The number of fused-ring (bicyclic) bond motifs is 1. The summed E-state index contributed by atoms with van der Waals surface area (Å²) in [6.45, 7) is 1.01. The summed E-state index contributed by atoms with van der Waals surface area (Å²) in [5, 5.41) is 3.10. The van der Waals surface area contributed by atoms with Crippen molar-refractivity contribution in [1.82, 2.24) is 9.55 Å². The number of ether oxygens (including phenoxy) is 1. The number of anilines is 1. The summed E-state index contributed by atoms with van der Waals surface area (Å²) in [6, 6.07) is 9.14. The molecule has 2 aromatic carbocycles. The maximum atomic E-state index is 13.7.